The van der Waals surface area contributed by atoms with Crippen molar-refractivity contribution in [3.63, 3.8) is 0 Å². The standard InChI is InChI=1S/C22H17N5O2/c1-3-12-27-18-7-5-4-6-16(18)19(22(27)28)25-26-21-17(13-23)24-20(29-21)15-10-8-14(2)9-11-15/h3-11,28H,1,12H2,2H3. The highest BCUT2D eigenvalue weighted by atomic mass is 16.4. The van der Waals surface area contributed by atoms with Gasteiger partial charge in [0.25, 0.3) is 5.88 Å². The maximum Gasteiger partial charge on any atom is 0.277 e. The summed E-state index contributed by atoms with van der Waals surface area (Å²) < 4.78 is 7.34. The minimum Gasteiger partial charge on any atom is -0.493 e. The summed E-state index contributed by atoms with van der Waals surface area (Å²) in [6.45, 7) is 6.12. The maximum absolute atomic E-state index is 10.6. The van der Waals surface area contributed by atoms with Crippen molar-refractivity contribution in [1.29, 1.82) is 5.26 Å². The fourth-order valence-corrected chi connectivity index (χ4v) is 3.05. The molecule has 0 aliphatic rings. The van der Waals surface area contributed by atoms with Crippen LogP contribution in [0.3, 0.4) is 0 Å². The highest BCUT2D eigenvalue weighted by molar-refractivity contribution is 5.95. The highest BCUT2D eigenvalue weighted by Crippen LogP contribution is 2.40. The van der Waals surface area contributed by atoms with Crippen molar-refractivity contribution in [2.75, 3.05) is 0 Å². The first kappa shape index (κ1) is 18.2. The zero-order valence-electron chi connectivity index (χ0n) is 15.7. The Bertz CT molecular complexity index is 1270. The molecular weight excluding hydrogens is 366 g/mol. The van der Waals surface area contributed by atoms with Crippen molar-refractivity contribution >= 4 is 22.5 Å². The van der Waals surface area contributed by atoms with Crippen LogP contribution in [0.4, 0.5) is 11.6 Å². The van der Waals surface area contributed by atoms with Gasteiger partial charge in [-0.2, -0.15) is 10.2 Å². The van der Waals surface area contributed by atoms with Crippen molar-refractivity contribution in [2.45, 2.75) is 13.5 Å². The van der Waals surface area contributed by atoms with Gasteiger partial charge in [-0.1, -0.05) is 42.0 Å². The van der Waals surface area contributed by atoms with Gasteiger partial charge in [0, 0.05) is 17.5 Å². The normalized spacial score (nSPS) is 11.2. The summed E-state index contributed by atoms with van der Waals surface area (Å²) in [6.07, 6.45) is 1.69. The molecule has 29 heavy (non-hydrogen) atoms. The van der Waals surface area contributed by atoms with Gasteiger partial charge in [0.15, 0.2) is 5.69 Å². The number of benzene rings is 2. The van der Waals surface area contributed by atoms with E-state index in [4.69, 9.17) is 4.42 Å². The van der Waals surface area contributed by atoms with Gasteiger partial charge in [-0.3, -0.25) is 0 Å². The summed E-state index contributed by atoms with van der Waals surface area (Å²) in [5, 5.41) is 29.0. The molecule has 0 unspecified atom stereocenters. The second kappa shape index (κ2) is 7.44. The van der Waals surface area contributed by atoms with Crippen LogP contribution in [-0.2, 0) is 6.54 Å². The number of nitrogens with zero attached hydrogens (tertiary/aromatic N) is 5. The highest BCUT2D eigenvalue weighted by Gasteiger charge is 2.18. The van der Waals surface area contributed by atoms with E-state index in [0.717, 1.165) is 22.0 Å². The summed E-state index contributed by atoms with van der Waals surface area (Å²) >= 11 is 0. The number of para-hydroxylation sites is 1. The summed E-state index contributed by atoms with van der Waals surface area (Å²) in [4.78, 5) is 4.20. The zero-order chi connectivity index (χ0) is 20.4. The van der Waals surface area contributed by atoms with Crippen LogP contribution in [0.2, 0.25) is 0 Å². The summed E-state index contributed by atoms with van der Waals surface area (Å²) in [6, 6.07) is 17.0. The molecule has 0 bridgehead atoms. The molecule has 0 saturated heterocycles. The molecule has 0 atom stereocenters. The molecule has 0 aliphatic heterocycles. The van der Waals surface area contributed by atoms with Crippen LogP contribution in [-0.4, -0.2) is 14.7 Å². The molecule has 2 aromatic heterocycles. The molecule has 0 amide bonds. The van der Waals surface area contributed by atoms with E-state index < -0.39 is 0 Å². The predicted octanol–water partition coefficient (Wildman–Crippen LogP) is 5.78. The monoisotopic (exact) mass is 383 g/mol. The average molecular weight is 383 g/mol. The fraction of sp³-hybridized carbons (Fsp3) is 0.0909. The van der Waals surface area contributed by atoms with Crippen LogP contribution in [0.5, 0.6) is 5.88 Å². The Labute approximate surface area is 166 Å². The van der Waals surface area contributed by atoms with Crippen molar-refractivity contribution in [3.8, 4) is 23.4 Å². The number of hydrogen-bond acceptors (Lipinski definition) is 6. The van der Waals surface area contributed by atoms with Crippen LogP contribution < -0.4 is 0 Å². The van der Waals surface area contributed by atoms with Crippen LogP contribution in [0, 0.1) is 18.3 Å². The van der Waals surface area contributed by atoms with Gasteiger partial charge in [-0.05, 0) is 25.1 Å². The van der Waals surface area contributed by atoms with E-state index in [9.17, 15) is 10.4 Å². The number of azo groups is 1. The number of nitriles is 1. The Morgan fingerprint density at radius 1 is 1.21 bits per heavy atom. The smallest absolute Gasteiger partial charge is 0.277 e. The Morgan fingerprint density at radius 3 is 2.69 bits per heavy atom. The SMILES string of the molecule is C=CCn1c(O)c(N=Nc2oc(-c3ccc(C)cc3)nc2C#N)c2ccccc21. The third-order valence-electron chi connectivity index (χ3n) is 4.48. The molecule has 4 aromatic rings. The third kappa shape index (κ3) is 3.28. The van der Waals surface area contributed by atoms with Crippen molar-refractivity contribution < 1.29 is 9.52 Å². The van der Waals surface area contributed by atoms with E-state index >= 15 is 0 Å². The molecule has 2 heterocycles. The molecule has 7 heteroatoms. The van der Waals surface area contributed by atoms with E-state index in [1.807, 2.05) is 61.5 Å². The Kier molecular flexibility index (Phi) is 4.67. The maximum atomic E-state index is 10.6. The molecule has 1 N–H and O–H groups in total. The Hall–Kier alpha value is -4.18. The average Bonchev–Trinajstić information content (AvgIpc) is 3.27. The molecule has 2 aromatic carbocycles. The Morgan fingerprint density at radius 2 is 1.97 bits per heavy atom. The van der Waals surface area contributed by atoms with Gasteiger partial charge in [-0.15, -0.1) is 16.8 Å². The molecule has 0 fully saturated rings. The first-order valence-electron chi connectivity index (χ1n) is 8.93. The van der Waals surface area contributed by atoms with Crippen LogP contribution >= 0.6 is 0 Å². The molecule has 4 rings (SSSR count). The van der Waals surface area contributed by atoms with Crippen LogP contribution in [0.15, 0.2) is 75.8 Å². The van der Waals surface area contributed by atoms with Crippen LogP contribution in [0.25, 0.3) is 22.4 Å². The number of fused-ring (bicyclic) bond motifs is 1. The van der Waals surface area contributed by atoms with E-state index in [1.165, 1.54) is 0 Å². The molecular formula is C22H17N5O2. The van der Waals surface area contributed by atoms with Crippen molar-refractivity contribution in [1.82, 2.24) is 9.55 Å². The molecule has 0 spiro atoms. The molecule has 7 nitrogen and oxygen atoms in total. The first-order valence-corrected chi connectivity index (χ1v) is 8.93. The topological polar surface area (TPSA) is 99.7 Å². The van der Waals surface area contributed by atoms with Gasteiger partial charge >= 0.3 is 0 Å². The quantitative estimate of drug-likeness (QED) is 0.348. The number of hydrogen-bond donors (Lipinski definition) is 1. The summed E-state index contributed by atoms with van der Waals surface area (Å²) in [5.74, 6) is 0.239. The number of oxazole rings is 1. The molecule has 0 aliphatic carbocycles. The van der Waals surface area contributed by atoms with Crippen molar-refractivity contribution in [2.24, 2.45) is 10.2 Å². The van der Waals surface area contributed by atoms with E-state index in [2.05, 4.69) is 21.8 Å². The van der Waals surface area contributed by atoms with Gasteiger partial charge in [0.05, 0.1) is 5.52 Å². The minimum absolute atomic E-state index is 0.0111. The lowest BCUT2D eigenvalue weighted by Gasteiger charge is -2.01. The molecule has 0 radical (unpaired) electrons. The lowest BCUT2D eigenvalue weighted by Crippen LogP contribution is -1.92. The lowest BCUT2D eigenvalue weighted by molar-refractivity contribution is 0.431. The van der Waals surface area contributed by atoms with Crippen LogP contribution in [0.1, 0.15) is 11.3 Å². The number of rotatable bonds is 5. The minimum atomic E-state index is -0.0355. The van der Waals surface area contributed by atoms with Gasteiger partial charge in [-0.25, -0.2) is 0 Å². The first-order chi connectivity index (χ1) is 14.1. The van der Waals surface area contributed by atoms with E-state index in [-0.39, 0.29) is 23.3 Å². The second-order valence-electron chi connectivity index (χ2n) is 6.44. The lowest BCUT2D eigenvalue weighted by atomic mass is 10.1. The van der Waals surface area contributed by atoms with Gasteiger partial charge in [0.2, 0.25) is 17.5 Å². The Balaban J connectivity index is 1.77. The number of aryl methyl sites for hydroxylation is 1. The molecule has 142 valence electrons. The molecule has 0 saturated carbocycles. The number of aromatic hydroxyl groups is 1. The van der Waals surface area contributed by atoms with Crippen molar-refractivity contribution in [3.05, 3.63) is 72.4 Å². The number of aromatic nitrogens is 2. The zero-order valence-corrected chi connectivity index (χ0v) is 15.7. The van der Waals surface area contributed by atoms with Gasteiger partial charge in [0.1, 0.15) is 6.07 Å². The van der Waals surface area contributed by atoms with E-state index in [1.54, 1.807) is 10.6 Å². The fourth-order valence-electron chi connectivity index (χ4n) is 3.05. The summed E-state index contributed by atoms with van der Waals surface area (Å²) in [7, 11) is 0. The second-order valence-corrected chi connectivity index (χ2v) is 6.44. The predicted molar refractivity (Wildman–Crippen MR) is 109 cm³/mol. The van der Waals surface area contributed by atoms with E-state index in [0.29, 0.717) is 12.2 Å². The summed E-state index contributed by atoms with van der Waals surface area (Å²) in [5.41, 5.74) is 2.96. The largest absolute Gasteiger partial charge is 0.493 e. The van der Waals surface area contributed by atoms with Gasteiger partial charge < -0.3 is 14.1 Å². The number of allylic oxidation sites excluding steroid dienone is 1. The third-order valence-corrected chi connectivity index (χ3v) is 4.48.